The second kappa shape index (κ2) is 5.25. The Morgan fingerprint density at radius 3 is 2.53 bits per heavy atom. The highest BCUT2D eigenvalue weighted by molar-refractivity contribution is 5.74. The lowest BCUT2D eigenvalue weighted by Crippen LogP contribution is -2.48. The largest absolute Gasteiger partial charge is 0.388 e. The predicted molar refractivity (Wildman–Crippen MR) is 66.8 cm³/mol. The average Bonchev–Trinajstić information content (AvgIpc) is 2.75. The Bertz CT molecular complexity index is 267. The van der Waals surface area contributed by atoms with Gasteiger partial charge in [-0.2, -0.15) is 0 Å². The van der Waals surface area contributed by atoms with E-state index in [1.807, 2.05) is 4.90 Å². The van der Waals surface area contributed by atoms with Crippen LogP contribution in [0.15, 0.2) is 0 Å². The highest BCUT2D eigenvalue weighted by atomic mass is 16.3. The molecule has 0 atom stereocenters. The van der Waals surface area contributed by atoms with Crippen LogP contribution >= 0.6 is 0 Å². The van der Waals surface area contributed by atoms with E-state index >= 15 is 0 Å². The molecule has 0 aromatic heterocycles. The van der Waals surface area contributed by atoms with E-state index in [-0.39, 0.29) is 6.03 Å². The minimum Gasteiger partial charge on any atom is -0.388 e. The van der Waals surface area contributed by atoms with E-state index in [2.05, 4.69) is 12.2 Å². The number of urea groups is 1. The fourth-order valence-electron chi connectivity index (χ4n) is 2.77. The number of piperidine rings is 1. The summed E-state index contributed by atoms with van der Waals surface area (Å²) < 4.78 is 0. The van der Waals surface area contributed by atoms with Gasteiger partial charge in [0.1, 0.15) is 0 Å². The summed E-state index contributed by atoms with van der Waals surface area (Å²) in [7, 11) is 0. The molecule has 2 N–H and O–H groups in total. The Hall–Kier alpha value is -0.770. The Morgan fingerprint density at radius 2 is 1.94 bits per heavy atom. The van der Waals surface area contributed by atoms with Gasteiger partial charge in [0, 0.05) is 19.6 Å². The van der Waals surface area contributed by atoms with Crippen LogP contribution in [0.2, 0.25) is 0 Å². The molecule has 0 spiro atoms. The van der Waals surface area contributed by atoms with Crippen molar-refractivity contribution in [1.82, 2.24) is 10.2 Å². The lowest BCUT2D eigenvalue weighted by atomic mass is 9.99. The second-order valence-corrected chi connectivity index (χ2v) is 5.76. The van der Waals surface area contributed by atoms with Gasteiger partial charge in [-0.25, -0.2) is 4.79 Å². The fraction of sp³-hybridized carbons (Fsp3) is 0.923. The molecule has 2 fully saturated rings. The minimum atomic E-state index is -0.640. The standard InChI is InChI=1S/C13H24N2O2/c1-11-4-8-15(9-5-11)12(16)14-10-13(17)6-2-3-7-13/h11,17H,2-10H2,1H3,(H,14,16). The van der Waals surface area contributed by atoms with Gasteiger partial charge in [-0.15, -0.1) is 0 Å². The Kier molecular flexibility index (Phi) is 3.92. The average molecular weight is 240 g/mol. The number of amides is 2. The lowest BCUT2D eigenvalue weighted by molar-refractivity contribution is 0.0479. The Morgan fingerprint density at radius 1 is 1.35 bits per heavy atom. The number of carbonyl (C=O) groups excluding carboxylic acids is 1. The van der Waals surface area contributed by atoms with E-state index in [0.717, 1.165) is 57.5 Å². The van der Waals surface area contributed by atoms with Gasteiger partial charge in [-0.1, -0.05) is 19.8 Å². The summed E-state index contributed by atoms with van der Waals surface area (Å²) in [5.41, 5.74) is -0.640. The number of hydrogen-bond acceptors (Lipinski definition) is 2. The first-order chi connectivity index (χ1) is 8.09. The van der Waals surface area contributed by atoms with Crippen molar-refractivity contribution in [3.8, 4) is 0 Å². The molecule has 4 heteroatoms. The SMILES string of the molecule is CC1CCN(C(=O)NCC2(O)CCCC2)CC1. The summed E-state index contributed by atoms with van der Waals surface area (Å²) in [4.78, 5) is 13.8. The maximum absolute atomic E-state index is 11.9. The van der Waals surface area contributed by atoms with Crippen LogP contribution < -0.4 is 5.32 Å². The normalized spacial score (nSPS) is 24.9. The number of aliphatic hydroxyl groups is 1. The van der Waals surface area contributed by atoms with Gasteiger partial charge in [0.15, 0.2) is 0 Å². The van der Waals surface area contributed by atoms with Crippen molar-refractivity contribution in [2.75, 3.05) is 19.6 Å². The molecule has 1 heterocycles. The molecular formula is C13H24N2O2. The molecular weight excluding hydrogens is 216 g/mol. The number of nitrogens with zero attached hydrogens (tertiary/aromatic N) is 1. The first kappa shape index (κ1) is 12.7. The maximum atomic E-state index is 11.9. The van der Waals surface area contributed by atoms with Crippen molar-refractivity contribution < 1.29 is 9.90 Å². The van der Waals surface area contributed by atoms with E-state index in [9.17, 15) is 9.90 Å². The van der Waals surface area contributed by atoms with Crippen molar-refractivity contribution in [1.29, 1.82) is 0 Å². The molecule has 0 radical (unpaired) electrons. The third kappa shape index (κ3) is 3.35. The molecule has 0 unspecified atom stereocenters. The molecule has 1 saturated heterocycles. The number of likely N-dealkylation sites (tertiary alicyclic amines) is 1. The molecule has 1 aliphatic heterocycles. The molecule has 4 nitrogen and oxygen atoms in total. The van der Waals surface area contributed by atoms with E-state index in [1.54, 1.807) is 0 Å². The van der Waals surface area contributed by atoms with Gasteiger partial charge in [0.25, 0.3) is 0 Å². The van der Waals surface area contributed by atoms with Crippen LogP contribution in [0.25, 0.3) is 0 Å². The first-order valence-electron chi connectivity index (χ1n) is 6.84. The Balaban J connectivity index is 1.73. The van der Waals surface area contributed by atoms with Crippen LogP contribution in [-0.2, 0) is 0 Å². The van der Waals surface area contributed by atoms with Crippen LogP contribution in [0, 0.1) is 5.92 Å². The van der Waals surface area contributed by atoms with Crippen LogP contribution in [0.1, 0.15) is 45.4 Å². The van der Waals surface area contributed by atoms with Crippen molar-refractivity contribution in [2.45, 2.75) is 51.0 Å². The van der Waals surface area contributed by atoms with Crippen molar-refractivity contribution in [2.24, 2.45) is 5.92 Å². The lowest BCUT2D eigenvalue weighted by Gasteiger charge is -2.31. The summed E-state index contributed by atoms with van der Waals surface area (Å²) in [5, 5.41) is 13.0. The third-order valence-corrected chi connectivity index (χ3v) is 4.17. The molecule has 0 aromatic rings. The molecule has 0 bridgehead atoms. The molecule has 1 saturated carbocycles. The molecule has 1 aliphatic carbocycles. The molecule has 0 aromatic carbocycles. The van der Waals surface area contributed by atoms with Gasteiger partial charge in [-0.05, 0) is 31.6 Å². The van der Waals surface area contributed by atoms with Crippen LogP contribution in [-0.4, -0.2) is 41.3 Å². The summed E-state index contributed by atoms with van der Waals surface area (Å²) in [5.74, 6) is 0.734. The highest BCUT2D eigenvalue weighted by Crippen LogP contribution is 2.28. The maximum Gasteiger partial charge on any atom is 0.317 e. The van der Waals surface area contributed by atoms with E-state index < -0.39 is 5.60 Å². The van der Waals surface area contributed by atoms with E-state index in [0.29, 0.717) is 6.54 Å². The zero-order valence-electron chi connectivity index (χ0n) is 10.7. The number of rotatable bonds is 2. The predicted octanol–water partition coefficient (Wildman–Crippen LogP) is 1.73. The quantitative estimate of drug-likeness (QED) is 0.772. The van der Waals surface area contributed by atoms with Crippen molar-refractivity contribution >= 4 is 6.03 Å². The molecule has 2 amide bonds. The Labute approximate surface area is 103 Å². The van der Waals surface area contributed by atoms with Gasteiger partial charge in [0.05, 0.1) is 5.60 Å². The fourth-order valence-corrected chi connectivity index (χ4v) is 2.77. The third-order valence-electron chi connectivity index (χ3n) is 4.17. The summed E-state index contributed by atoms with van der Waals surface area (Å²) in [6.45, 7) is 4.35. The van der Waals surface area contributed by atoms with Crippen molar-refractivity contribution in [3.63, 3.8) is 0 Å². The summed E-state index contributed by atoms with van der Waals surface area (Å²) >= 11 is 0. The van der Waals surface area contributed by atoms with Crippen LogP contribution in [0.4, 0.5) is 4.79 Å². The number of hydrogen-bond donors (Lipinski definition) is 2. The van der Waals surface area contributed by atoms with E-state index in [4.69, 9.17) is 0 Å². The van der Waals surface area contributed by atoms with Gasteiger partial charge >= 0.3 is 6.03 Å². The van der Waals surface area contributed by atoms with Crippen molar-refractivity contribution in [3.05, 3.63) is 0 Å². The van der Waals surface area contributed by atoms with E-state index in [1.165, 1.54) is 0 Å². The minimum absolute atomic E-state index is 0.00257. The number of carbonyl (C=O) groups is 1. The molecule has 2 aliphatic rings. The second-order valence-electron chi connectivity index (χ2n) is 5.76. The highest BCUT2D eigenvalue weighted by Gasteiger charge is 2.32. The van der Waals surface area contributed by atoms with Crippen LogP contribution in [0.3, 0.4) is 0 Å². The zero-order valence-corrected chi connectivity index (χ0v) is 10.7. The van der Waals surface area contributed by atoms with Gasteiger partial charge in [0.2, 0.25) is 0 Å². The first-order valence-corrected chi connectivity index (χ1v) is 6.84. The monoisotopic (exact) mass is 240 g/mol. The van der Waals surface area contributed by atoms with Gasteiger partial charge < -0.3 is 15.3 Å². The van der Waals surface area contributed by atoms with Gasteiger partial charge in [-0.3, -0.25) is 0 Å². The molecule has 98 valence electrons. The summed E-state index contributed by atoms with van der Waals surface area (Å²) in [6.07, 6.45) is 5.99. The number of nitrogens with one attached hydrogen (secondary N) is 1. The summed E-state index contributed by atoms with van der Waals surface area (Å²) in [6, 6.07) is -0.00257. The smallest absolute Gasteiger partial charge is 0.317 e. The zero-order chi connectivity index (χ0) is 12.3. The topological polar surface area (TPSA) is 52.6 Å². The molecule has 17 heavy (non-hydrogen) atoms. The molecule has 2 rings (SSSR count). The van der Waals surface area contributed by atoms with Crippen LogP contribution in [0.5, 0.6) is 0 Å².